The average molecular weight is 284 g/mol. The molecule has 1 aromatic rings. The van der Waals surface area contributed by atoms with Crippen LogP contribution in [0.1, 0.15) is 25.1 Å². The van der Waals surface area contributed by atoms with Crippen molar-refractivity contribution in [2.75, 3.05) is 24.2 Å². The van der Waals surface area contributed by atoms with Crippen molar-refractivity contribution >= 4 is 15.8 Å². The molecule has 1 aliphatic carbocycles. The average Bonchev–Trinajstić information content (AvgIpc) is 2.26. The highest BCUT2D eigenvalue weighted by atomic mass is 32.2. The van der Waals surface area contributed by atoms with E-state index in [4.69, 9.17) is 0 Å². The Morgan fingerprint density at radius 3 is 2.84 bits per heavy atom. The molecule has 0 atom stereocenters. The van der Waals surface area contributed by atoms with Crippen molar-refractivity contribution in [2.45, 2.75) is 26.2 Å². The number of hydrogen-bond acceptors (Lipinski definition) is 5. The summed E-state index contributed by atoms with van der Waals surface area (Å²) in [5, 5.41) is 2.99. The van der Waals surface area contributed by atoms with Crippen LogP contribution in [-0.2, 0) is 10.0 Å². The minimum Gasteiger partial charge on any atom is -0.369 e. The number of rotatable bonds is 7. The zero-order chi connectivity index (χ0) is 13.7. The van der Waals surface area contributed by atoms with E-state index in [1.54, 1.807) is 19.2 Å². The van der Waals surface area contributed by atoms with Crippen LogP contribution in [0.4, 0.5) is 5.82 Å². The molecule has 2 rings (SSSR count). The van der Waals surface area contributed by atoms with Gasteiger partial charge in [0.15, 0.2) is 0 Å². The van der Waals surface area contributed by atoms with Gasteiger partial charge in [-0.25, -0.2) is 23.1 Å². The number of aryl methyl sites for hydroxylation is 1. The van der Waals surface area contributed by atoms with E-state index < -0.39 is 10.0 Å². The van der Waals surface area contributed by atoms with Gasteiger partial charge in [-0.1, -0.05) is 6.42 Å². The fourth-order valence-corrected chi connectivity index (χ4v) is 2.89. The van der Waals surface area contributed by atoms with E-state index in [0.717, 1.165) is 12.8 Å². The molecule has 19 heavy (non-hydrogen) atoms. The Bertz CT molecular complexity index is 514. The first-order chi connectivity index (χ1) is 9.05. The maximum atomic E-state index is 11.7. The van der Waals surface area contributed by atoms with Crippen LogP contribution < -0.4 is 10.0 Å². The van der Waals surface area contributed by atoms with Crippen LogP contribution in [0.15, 0.2) is 12.3 Å². The summed E-state index contributed by atoms with van der Waals surface area (Å²) in [6.07, 6.45) is 5.15. The molecular weight excluding hydrogens is 264 g/mol. The molecule has 0 amide bonds. The number of sulfonamides is 1. The van der Waals surface area contributed by atoms with Gasteiger partial charge in [0.25, 0.3) is 0 Å². The van der Waals surface area contributed by atoms with Crippen molar-refractivity contribution in [1.29, 1.82) is 0 Å². The van der Waals surface area contributed by atoms with Crippen LogP contribution in [0.5, 0.6) is 0 Å². The summed E-state index contributed by atoms with van der Waals surface area (Å²) >= 11 is 0. The van der Waals surface area contributed by atoms with Gasteiger partial charge < -0.3 is 5.32 Å². The monoisotopic (exact) mass is 284 g/mol. The van der Waals surface area contributed by atoms with Gasteiger partial charge >= 0.3 is 0 Å². The van der Waals surface area contributed by atoms with Crippen molar-refractivity contribution in [3.63, 3.8) is 0 Å². The number of anilines is 1. The largest absolute Gasteiger partial charge is 0.369 e. The zero-order valence-corrected chi connectivity index (χ0v) is 11.9. The van der Waals surface area contributed by atoms with Gasteiger partial charge in [-0.2, -0.15) is 0 Å². The minimum absolute atomic E-state index is 0.0583. The van der Waals surface area contributed by atoms with Crippen LogP contribution in [0.3, 0.4) is 0 Å². The maximum Gasteiger partial charge on any atom is 0.213 e. The molecule has 1 heterocycles. The molecule has 0 spiro atoms. The van der Waals surface area contributed by atoms with Gasteiger partial charge in [0, 0.05) is 19.3 Å². The Balaban J connectivity index is 1.71. The van der Waals surface area contributed by atoms with E-state index in [-0.39, 0.29) is 5.75 Å². The molecule has 106 valence electrons. The van der Waals surface area contributed by atoms with Gasteiger partial charge in [0.05, 0.1) is 5.75 Å². The Morgan fingerprint density at radius 2 is 2.21 bits per heavy atom. The molecule has 1 saturated carbocycles. The van der Waals surface area contributed by atoms with Crippen LogP contribution in [0.2, 0.25) is 0 Å². The normalized spacial score (nSPS) is 16.1. The highest BCUT2D eigenvalue weighted by Gasteiger charge is 2.19. The number of nitrogens with one attached hydrogen (secondary N) is 2. The van der Waals surface area contributed by atoms with E-state index in [0.29, 0.717) is 30.6 Å². The fraction of sp³-hybridized carbons (Fsp3) is 0.667. The minimum atomic E-state index is -3.19. The lowest BCUT2D eigenvalue weighted by Gasteiger charge is -2.25. The highest BCUT2D eigenvalue weighted by Crippen LogP contribution is 2.25. The Kier molecular flexibility index (Phi) is 4.71. The van der Waals surface area contributed by atoms with Gasteiger partial charge in [0.2, 0.25) is 10.0 Å². The van der Waals surface area contributed by atoms with E-state index in [2.05, 4.69) is 20.0 Å². The van der Waals surface area contributed by atoms with E-state index >= 15 is 0 Å². The quantitative estimate of drug-likeness (QED) is 0.777. The van der Waals surface area contributed by atoms with Crippen molar-refractivity contribution in [3.05, 3.63) is 18.1 Å². The molecule has 2 N–H and O–H groups in total. The first-order valence-electron chi connectivity index (χ1n) is 6.56. The molecule has 1 aromatic heterocycles. The third-order valence-electron chi connectivity index (χ3n) is 3.27. The lowest BCUT2D eigenvalue weighted by atomic mass is 9.86. The molecule has 0 aromatic carbocycles. The van der Waals surface area contributed by atoms with Gasteiger partial charge in [0.1, 0.15) is 11.6 Å². The summed E-state index contributed by atoms with van der Waals surface area (Å²) in [5.41, 5.74) is 0. The molecule has 0 unspecified atom stereocenters. The van der Waals surface area contributed by atoms with Crippen molar-refractivity contribution < 1.29 is 8.42 Å². The van der Waals surface area contributed by atoms with Gasteiger partial charge in [-0.3, -0.25) is 0 Å². The van der Waals surface area contributed by atoms with E-state index in [9.17, 15) is 8.42 Å². The molecule has 1 fully saturated rings. The lowest BCUT2D eigenvalue weighted by Crippen LogP contribution is -2.35. The fourth-order valence-electron chi connectivity index (χ4n) is 1.88. The zero-order valence-electron chi connectivity index (χ0n) is 11.1. The first kappa shape index (κ1) is 14.2. The predicted octanol–water partition coefficient (Wildman–Crippen LogP) is 0.916. The Morgan fingerprint density at radius 1 is 1.42 bits per heavy atom. The van der Waals surface area contributed by atoms with Gasteiger partial charge in [-0.15, -0.1) is 0 Å². The summed E-state index contributed by atoms with van der Waals surface area (Å²) in [6.45, 7) is 2.72. The molecule has 0 radical (unpaired) electrons. The van der Waals surface area contributed by atoms with Crippen molar-refractivity contribution in [1.82, 2.24) is 14.7 Å². The molecule has 7 heteroatoms. The van der Waals surface area contributed by atoms with Crippen LogP contribution in [0.25, 0.3) is 0 Å². The molecule has 0 saturated heterocycles. The summed E-state index contributed by atoms with van der Waals surface area (Å²) in [4.78, 5) is 8.13. The number of hydrogen-bond donors (Lipinski definition) is 2. The SMILES string of the molecule is Cc1nccc(NCCS(=O)(=O)NCC2CCC2)n1. The molecule has 1 aliphatic rings. The molecule has 0 bridgehead atoms. The van der Waals surface area contributed by atoms with E-state index in [1.807, 2.05) is 0 Å². The predicted molar refractivity (Wildman–Crippen MR) is 74.4 cm³/mol. The van der Waals surface area contributed by atoms with Gasteiger partial charge in [-0.05, 0) is 31.7 Å². The molecular formula is C12H20N4O2S. The third-order valence-corrected chi connectivity index (χ3v) is 4.62. The molecule has 0 aliphatic heterocycles. The lowest BCUT2D eigenvalue weighted by molar-refractivity contribution is 0.316. The molecule has 6 nitrogen and oxygen atoms in total. The van der Waals surface area contributed by atoms with E-state index in [1.165, 1.54) is 6.42 Å². The first-order valence-corrected chi connectivity index (χ1v) is 8.21. The van der Waals surface area contributed by atoms with Crippen LogP contribution in [0, 0.1) is 12.8 Å². The van der Waals surface area contributed by atoms with Crippen LogP contribution >= 0.6 is 0 Å². The van der Waals surface area contributed by atoms with Crippen LogP contribution in [-0.4, -0.2) is 37.2 Å². The maximum absolute atomic E-state index is 11.7. The van der Waals surface area contributed by atoms with Crippen molar-refractivity contribution in [2.24, 2.45) is 5.92 Å². The smallest absolute Gasteiger partial charge is 0.213 e. The standard InChI is InChI=1S/C12H20N4O2S/c1-10-13-6-5-12(16-10)14-7-8-19(17,18)15-9-11-3-2-4-11/h5-6,11,15H,2-4,7-9H2,1H3,(H,13,14,16). The number of aromatic nitrogens is 2. The summed E-state index contributed by atoms with van der Waals surface area (Å²) < 4.78 is 26.2. The summed E-state index contributed by atoms with van der Waals surface area (Å²) in [6, 6.07) is 1.72. The highest BCUT2D eigenvalue weighted by molar-refractivity contribution is 7.89. The second-order valence-corrected chi connectivity index (χ2v) is 6.81. The number of nitrogens with zero attached hydrogens (tertiary/aromatic N) is 2. The topological polar surface area (TPSA) is 84.0 Å². The third kappa shape index (κ3) is 4.76. The summed E-state index contributed by atoms with van der Waals surface area (Å²) in [5.74, 6) is 1.91. The second kappa shape index (κ2) is 6.29. The second-order valence-electron chi connectivity index (χ2n) is 4.88. The Hall–Kier alpha value is -1.21. The Labute approximate surface area is 114 Å². The summed E-state index contributed by atoms with van der Waals surface area (Å²) in [7, 11) is -3.19. The van der Waals surface area contributed by atoms with Crippen molar-refractivity contribution in [3.8, 4) is 0 Å².